The van der Waals surface area contributed by atoms with Crippen molar-refractivity contribution in [2.45, 2.75) is 39.0 Å². The van der Waals surface area contributed by atoms with Crippen LogP contribution in [0.1, 0.15) is 32.5 Å². The highest BCUT2D eigenvalue weighted by atomic mass is 32.2. The number of nitrogens with zero attached hydrogens (tertiary/aromatic N) is 2. The predicted molar refractivity (Wildman–Crippen MR) is 68.9 cm³/mol. The van der Waals surface area contributed by atoms with E-state index >= 15 is 0 Å². The van der Waals surface area contributed by atoms with Crippen LogP contribution >= 0.6 is 0 Å². The fourth-order valence-corrected chi connectivity index (χ4v) is 2.27. The highest BCUT2D eigenvalue weighted by Crippen LogP contribution is 2.21. The van der Waals surface area contributed by atoms with Gasteiger partial charge in [-0.05, 0) is 12.5 Å². The molecule has 0 fully saturated rings. The molecule has 0 radical (unpaired) electrons. The molecule has 1 atom stereocenters. The molecule has 0 aromatic carbocycles. The van der Waals surface area contributed by atoms with Crippen LogP contribution in [0, 0.1) is 5.41 Å². The molecule has 1 heterocycles. The first-order chi connectivity index (χ1) is 8.12. The van der Waals surface area contributed by atoms with Crippen LogP contribution in [0.15, 0.2) is 4.52 Å². The smallest absolute Gasteiger partial charge is 0.228 e. The van der Waals surface area contributed by atoms with Crippen LogP contribution in [0.25, 0.3) is 0 Å². The third-order valence-electron chi connectivity index (χ3n) is 2.67. The van der Waals surface area contributed by atoms with Crippen LogP contribution < -0.4 is 5.32 Å². The molecule has 1 N–H and O–H groups in total. The molecule has 0 spiro atoms. The van der Waals surface area contributed by atoms with Gasteiger partial charge in [0.1, 0.15) is 5.75 Å². The quantitative estimate of drug-likeness (QED) is 0.855. The van der Waals surface area contributed by atoms with E-state index in [1.54, 1.807) is 0 Å². The highest BCUT2D eigenvalue weighted by Gasteiger charge is 2.25. The Morgan fingerprint density at radius 3 is 2.44 bits per heavy atom. The summed E-state index contributed by atoms with van der Waals surface area (Å²) in [4.78, 5) is 4.10. The third-order valence-corrected chi connectivity index (χ3v) is 3.46. The van der Waals surface area contributed by atoms with Crippen LogP contribution in [0.4, 0.5) is 0 Å². The van der Waals surface area contributed by atoms with Gasteiger partial charge < -0.3 is 9.84 Å². The summed E-state index contributed by atoms with van der Waals surface area (Å²) >= 11 is 0. The Labute approximate surface area is 108 Å². The van der Waals surface area contributed by atoms with Gasteiger partial charge in [0.05, 0.1) is 0 Å². The average Bonchev–Trinajstić information content (AvgIpc) is 2.57. The van der Waals surface area contributed by atoms with Gasteiger partial charge in [-0.1, -0.05) is 25.9 Å². The van der Waals surface area contributed by atoms with Crippen molar-refractivity contribution in [3.8, 4) is 0 Å². The van der Waals surface area contributed by atoms with Gasteiger partial charge in [-0.25, -0.2) is 8.42 Å². The maximum atomic E-state index is 11.1. The minimum atomic E-state index is -3.13. The van der Waals surface area contributed by atoms with Crippen LogP contribution in [0.5, 0.6) is 0 Å². The predicted octanol–water partition coefficient (Wildman–Crippen LogP) is 0.791. The van der Waals surface area contributed by atoms with E-state index in [0.29, 0.717) is 12.3 Å². The Kier molecular flexibility index (Phi) is 4.50. The number of hydrogen-bond donors (Lipinski definition) is 1. The van der Waals surface area contributed by atoms with Gasteiger partial charge in [-0.2, -0.15) is 4.98 Å². The summed E-state index contributed by atoms with van der Waals surface area (Å²) in [7, 11) is -1.25. The standard InChI is InChI=1S/C11H21N3O3S/c1-11(2,3)8(12-4)6-10-13-9(14-17-10)7-18(5,15)16/h8,12H,6-7H2,1-5H3. The summed E-state index contributed by atoms with van der Waals surface area (Å²) in [5.41, 5.74) is 0.0558. The molecule has 18 heavy (non-hydrogen) atoms. The SMILES string of the molecule is CNC(Cc1nc(CS(C)(=O)=O)no1)C(C)(C)C. The van der Waals surface area contributed by atoms with Crippen LogP contribution in [-0.4, -0.2) is 37.9 Å². The topological polar surface area (TPSA) is 85.1 Å². The van der Waals surface area contributed by atoms with E-state index in [2.05, 4.69) is 36.2 Å². The number of aromatic nitrogens is 2. The molecule has 1 rings (SSSR count). The van der Waals surface area contributed by atoms with Gasteiger partial charge >= 0.3 is 0 Å². The summed E-state index contributed by atoms with van der Waals surface area (Å²) < 4.78 is 27.3. The average molecular weight is 275 g/mol. The zero-order valence-corrected chi connectivity index (χ0v) is 12.3. The van der Waals surface area contributed by atoms with Gasteiger partial charge in [0.25, 0.3) is 0 Å². The van der Waals surface area contributed by atoms with Crippen molar-refractivity contribution in [1.29, 1.82) is 0 Å². The van der Waals surface area contributed by atoms with E-state index < -0.39 is 9.84 Å². The second kappa shape index (κ2) is 5.36. The molecule has 1 aromatic rings. The number of nitrogens with one attached hydrogen (secondary N) is 1. The third kappa shape index (κ3) is 4.73. The highest BCUT2D eigenvalue weighted by molar-refractivity contribution is 7.89. The molecule has 0 bridgehead atoms. The summed E-state index contributed by atoms with van der Waals surface area (Å²) in [6.45, 7) is 6.34. The van der Waals surface area contributed by atoms with E-state index in [-0.39, 0.29) is 23.0 Å². The number of hydrogen-bond acceptors (Lipinski definition) is 6. The summed E-state index contributed by atoms with van der Waals surface area (Å²) in [5.74, 6) is 0.496. The lowest BCUT2D eigenvalue weighted by atomic mass is 9.85. The maximum absolute atomic E-state index is 11.1. The maximum Gasteiger partial charge on any atom is 0.228 e. The lowest BCUT2D eigenvalue weighted by Crippen LogP contribution is -2.39. The number of sulfone groups is 1. The van der Waals surface area contributed by atoms with Crippen LogP contribution in [0.2, 0.25) is 0 Å². The van der Waals surface area contributed by atoms with Gasteiger partial charge in [0, 0.05) is 18.7 Å². The molecule has 0 aliphatic rings. The largest absolute Gasteiger partial charge is 0.339 e. The molecule has 0 aliphatic heterocycles. The Bertz CT molecular complexity index is 488. The van der Waals surface area contributed by atoms with Crippen molar-refractivity contribution in [3.05, 3.63) is 11.7 Å². The van der Waals surface area contributed by atoms with Crippen molar-refractivity contribution in [1.82, 2.24) is 15.5 Å². The Balaban J connectivity index is 2.75. The first-order valence-corrected chi connectivity index (χ1v) is 7.84. The first kappa shape index (κ1) is 15.1. The Morgan fingerprint density at radius 1 is 1.39 bits per heavy atom. The normalized spacial score (nSPS) is 14.7. The van der Waals surface area contributed by atoms with E-state index in [4.69, 9.17) is 4.52 Å². The van der Waals surface area contributed by atoms with Gasteiger partial charge in [0.2, 0.25) is 5.89 Å². The number of rotatable bonds is 5. The van der Waals surface area contributed by atoms with Gasteiger partial charge in [-0.3, -0.25) is 0 Å². The molecular formula is C11H21N3O3S. The molecule has 6 nitrogen and oxygen atoms in total. The second-order valence-electron chi connectivity index (χ2n) is 5.59. The lowest BCUT2D eigenvalue weighted by molar-refractivity contribution is 0.255. The summed E-state index contributed by atoms with van der Waals surface area (Å²) in [6.07, 6.45) is 1.73. The summed E-state index contributed by atoms with van der Waals surface area (Å²) in [5, 5.41) is 6.88. The summed E-state index contributed by atoms with van der Waals surface area (Å²) in [6, 6.07) is 0.184. The minimum absolute atomic E-state index is 0.0558. The van der Waals surface area contributed by atoms with Crippen molar-refractivity contribution >= 4 is 9.84 Å². The minimum Gasteiger partial charge on any atom is -0.339 e. The molecule has 0 aliphatic carbocycles. The molecule has 7 heteroatoms. The van der Waals surface area contributed by atoms with E-state index in [9.17, 15) is 8.42 Å². The van der Waals surface area contributed by atoms with Crippen LogP contribution in [0.3, 0.4) is 0 Å². The zero-order chi connectivity index (χ0) is 14.0. The van der Waals surface area contributed by atoms with E-state index in [1.165, 1.54) is 0 Å². The molecule has 104 valence electrons. The van der Waals surface area contributed by atoms with Crippen molar-refractivity contribution in [2.75, 3.05) is 13.3 Å². The molecular weight excluding hydrogens is 254 g/mol. The van der Waals surface area contributed by atoms with Gasteiger partial charge in [-0.15, -0.1) is 0 Å². The molecule has 0 amide bonds. The molecule has 0 saturated heterocycles. The molecule has 1 unspecified atom stereocenters. The van der Waals surface area contributed by atoms with Crippen molar-refractivity contribution in [2.24, 2.45) is 5.41 Å². The molecule has 0 saturated carbocycles. The number of likely N-dealkylation sites (N-methyl/N-ethyl adjacent to an activating group) is 1. The van der Waals surface area contributed by atoms with Gasteiger partial charge in [0.15, 0.2) is 15.7 Å². The Hall–Kier alpha value is -0.950. The lowest BCUT2D eigenvalue weighted by Gasteiger charge is -2.29. The molecule has 1 aromatic heterocycles. The fraction of sp³-hybridized carbons (Fsp3) is 0.818. The fourth-order valence-electron chi connectivity index (χ4n) is 1.68. The van der Waals surface area contributed by atoms with E-state index in [1.807, 2.05) is 7.05 Å². The second-order valence-corrected chi connectivity index (χ2v) is 7.73. The zero-order valence-electron chi connectivity index (χ0n) is 11.5. The van der Waals surface area contributed by atoms with Crippen molar-refractivity contribution < 1.29 is 12.9 Å². The van der Waals surface area contributed by atoms with Crippen LogP contribution in [-0.2, 0) is 22.0 Å². The first-order valence-electron chi connectivity index (χ1n) is 5.78. The Morgan fingerprint density at radius 2 is 2.00 bits per heavy atom. The van der Waals surface area contributed by atoms with E-state index in [0.717, 1.165) is 6.26 Å². The monoisotopic (exact) mass is 275 g/mol. The van der Waals surface area contributed by atoms with Crippen molar-refractivity contribution in [3.63, 3.8) is 0 Å².